The molecule has 0 saturated heterocycles. The topological polar surface area (TPSA) is 42.0 Å². The molecule has 1 N–H and O–H groups in total. The zero-order valence-corrected chi connectivity index (χ0v) is 14.7. The standard InChI is InChI=1S/C22H22N2O/c1-3-15-5-4-14(2)20(10-15)18-9-8-17-12-21(23-13-19(17)11-18)24-22(25)16-6-7-16/h4-5,8-13,16H,3,6-7H2,1-2H3,(H,23,24,25). The molecule has 126 valence electrons. The number of nitrogens with zero attached hydrogens (tertiary/aromatic N) is 1. The van der Waals surface area contributed by atoms with E-state index in [0.717, 1.165) is 30.0 Å². The lowest BCUT2D eigenvalue weighted by molar-refractivity contribution is -0.117. The number of amides is 1. The second-order valence-corrected chi connectivity index (χ2v) is 6.90. The molecule has 0 unspecified atom stereocenters. The summed E-state index contributed by atoms with van der Waals surface area (Å²) < 4.78 is 0. The molecule has 2 aromatic carbocycles. The minimum Gasteiger partial charge on any atom is -0.310 e. The number of aromatic nitrogens is 1. The summed E-state index contributed by atoms with van der Waals surface area (Å²) in [7, 11) is 0. The molecular weight excluding hydrogens is 308 g/mol. The first kappa shape index (κ1) is 15.8. The van der Waals surface area contributed by atoms with E-state index in [1.54, 1.807) is 0 Å². The zero-order chi connectivity index (χ0) is 17.4. The van der Waals surface area contributed by atoms with E-state index in [4.69, 9.17) is 0 Å². The molecule has 1 aliphatic carbocycles. The van der Waals surface area contributed by atoms with Gasteiger partial charge in [0, 0.05) is 17.5 Å². The molecular formula is C22H22N2O. The van der Waals surface area contributed by atoms with Crippen LogP contribution in [0.3, 0.4) is 0 Å². The lowest BCUT2D eigenvalue weighted by atomic mass is 9.96. The van der Waals surface area contributed by atoms with Gasteiger partial charge in [-0.25, -0.2) is 4.98 Å². The van der Waals surface area contributed by atoms with Crippen molar-refractivity contribution in [1.82, 2.24) is 4.98 Å². The maximum atomic E-state index is 11.9. The van der Waals surface area contributed by atoms with Crippen molar-refractivity contribution in [2.75, 3.05) is 5.32 Å². The molecule has 3 aromatic rings. The molecule has 1 aromatic heterocycles. The van der Waals surface area contributed by atoms with Crippen molar-refractivity contribution in [2.24, 2.45) is 5.92 Å². The minimum absolute atomic E-state index is 0.0930. The number of nitrogens with one attached hydrogen (secondary N) is 1. The van der Waals surface area contributed by atoms with Crippen LogP contribution in [0.5, 0.6) is 0 Å². The monoisotopic (exact) mass is 330 g/mol. The van der Waals surface area contributed by atoms with Crippen molar-refractivity contribution in [3.05, 3.63) is 59.8 Å². The van der Waals surface area contributed by atoms with Crippen molar-refractivity contribution in [3.8, 4) is 11.1 Å². The second-order valence-electron chi connectivity index (χ2n) is 6.90. The van der Waals surface area contributed by atoms with E-state index in [-0.39, 0.29) is 11.8 Å². The van der Waals surface area contributed by atoms with Gasteiger partial charge in [-0.2, -0.15) is 0 Å². The van der Waals surface area contributed by atoms with Crippen molar-refractivity contribution >= 4 is 22.5 Å². The number of aryl methyl sites for hydroxylation is 2. The fourth-order valence-corrected chi connectivity index (χ4v) is 3.15. The van der Waals surface area contributed by atoms with E-state index in [2.05, 4.69) is 60.5 Å². The molecule has 25 heavy (non-hydrogen) atoms. The summed E-state index contributed by atoms with van der Waals surface area (Å²) in [6.07, 6.45) is 4.88. The van der Waals surface area contributed by atoms with E-state index in [1.165, 1.54) is 22.3 Å². The summed E-state index contributed by atoms with van der Waals surface area (Å²) in [6.45, 7) is 4.32. The van der Waals surface area contributed by atoms with Crippen LogP contribution in [0.15, 0.2) is 48.7 Å². The summed E-state index contributed by atoms with van der Waals surface area (Å²) in [5.74, 6) is 0.922. The zero-order valence-electron chi connectivity index (χ0n) is 14.7. The molecule has 0 atom stereocenters. The largest absolute Gasteiger partial charge is 0.310 e. The first-order valence-electron chi connectivity index (χ1n) is 8.94. The molecule has 1 aliphatic rings. The summed E-state index contributed by atoms with van der Waals surface area (Å²) in [5, 5.41) is 5.09. The molecule has 0 radical (unpaired) electrons. The Bertz CT molecular complexity index is 957. The van der Waals surface area contributed by atoms with Crippen molar-refractivity contribution in [3.63, 3.8) is 0 Å². The van der Waals surface area contributed by atoms with Crippen LogP contribution in [0, 0.1) is 12.8 Å². The van der Waals surface area contributed by atoms with Crippen LogP contribution in [-0.4, -0.2) is 10.9 Å². The quantitative estimate of drug-likeness (QED) is 0.721. The number of pyridine rings is 1. The number of benzene rings is 2. The van der Waals surface area contributed by atoms with Gasteiger partial charge in [-0.15, -0.1) is 0 Å². The van der Waals surface area contributed by atoms with Crippen molar-refractivity contribution in [1.29, 1.82) is 0 Å². The first-order chi connectivity index (χ1) is 12.1. The Balaban J connectivity index is 1.67. The van der Waals surface area contributed by atoms with Crippen molar-refractivity contribution < 1.29 is 4.79 Å². The Morgan fingerprint density at radius 1 is 1.12 bits per heavy atom. The Labute approximate surface area is 148 Å². The van der Waals surface area contributed by atoms with Crippen LogP contribution in [0.1, 0.15) is 30.9 Å². The number of hydrogen-bond acceptors (Lipinski definition) is 2. The van der Waals surface area contributed by atoms with Gasteiger partial charge in [0.25, 0.3) is 0 Å². The van der Waals surface area contributed by atoms with Gasteiger partial charge < -0.3 is 5.32 Å². The third-order valence-corrected chi connectivity index (χ3v) is 4.94. The lowest BCUT2D eigenvalue weighted by Gasteiger charge is -2.10. The fraction of sp³-hybridized carbons (Fsp3) is 0.273. The smallest absolute Gasteiger partial charge is 0.228 e. The maximum absolute atomic E-state index is 11.9. The van der Waals surface area contributed by atoms with E-state index in [0.29, 0.717) is 5.82 Å². The van der Waals surface area contributed by atoms with Crippen molar-refractivity contribution in [2.45, 2.75) is 33.1 Å². The Hall–Kier alpha value is -2.68. The average Bonchev–Trinajstić information content (AvgIpc) is 3.47. The summed E-state index contributed by atoms with van der Waals surface area (Å²) in [5.41, 5.74) is 5.10. The molecule has 1 saturated carbocycles. The third kappa shape index (κ3) is 3.27. The Morgan fingerprint density at radius 2 is 1.96 bits per heavy atom. The van der Waals surface area contributed by atoms with Gasteiger partial charge in [0.15, 0.2) is 0 Å². The Kier molecular flexibility index (Phi) is 4.00. The SMILES string of the molecule is CCc1ccc(C)c(-c2ccc3cc(NC(=O)C4CC4)ncc3c2)c1. The molecule has 1 amide bonds. The molecule has 0 aliphatic heterocycles. The normalized spacial score (nSPS) is 13.8. The van der Waals surface area contributed by atoms with Crippen LogP contribution in [0.25, 0.3) is 21.9 Å². The molecule has 1 heterocycles. The molecule has 0 spiro atoms. The number of fused-ring (bicyclic) bond motifs is 1. The first-order valence-corrected chi connectivity index (χ1v) is 8.94. The van der Waals surface area contributed by atoms with Gasteiger partial charge in [-0.3, -0.25) is 4.79 Å². The lowest BCUT2D eigenvalue weighted by Crippen LogP contribution is -2.14. The van der Waals surface area contributed by atoms with Gasteiger partial charge in [-0.05, 0) is 66.0 Å². The van der Waals surface area contributed by atoms with Crippen LogP contribution in [0.2, 0.25) is 0 Å². The molecule has 4 rings (SSSR count). The third-order valence-electron chi connectivity index (χ3n) is 4.94. The summed E-state index contributed by atoms with van der Waals surface area (Å²) in [6, 6.07) is 15.0. The highest BCUT2D eigenvalue weighted by Crippen LogP contribution is 2.31. The number of hydrogen-bond donors (Lipinski definition) is 1. The van der Waals surface area contributed by atoms with Crippen LogP contribution in [-0.2, 0) is 11.2 Å². The number of carbonyl (C=O) groups is 1. The molecule has 0 bridgehead atoms. The van der Waals surface area contributed by atoms with E-state index in [9.17, 15) is 4.79 Å². The average molecular weight is 330 g/mol. The minimum atomic E-state index is 0.0930. The van der Waals surface area contributed by atoms with E-state index < -0.39 is 0 Å². The van der Waals surface area contributed by atoms with Gasteiger partial charge in [0.05, 0.1) is 0 Å². The van der Waals surface area contributed by atoms with Crippen LogP contribution in [0.4, 0.5) is 5.82 Å². The highest BCUT2D eigenvalue weighted by atomic mass is 16.2. The van der Waals surface area contributed by atoms with Gasteiger partial charge in [0.1, 0.15) is 5.82 Å². The molecule has 3 heteroatoms. The second kappa shape index (κ2) is 6.32. The predicted molar refractivity (Wildman–Crippen MR) is 103 cm³/mol. The van der Waals surface area contributed by atoms with Gasteiger partial charge in [0.2, 0.25) is 5.91 Å². The van der Waals surface area contributed by atoms with E-state index in [1.807, 2.05) is 12.3 Å². The van der Waals surface area contributed by atoms with Crippen LogP contribution >= 0.6 is 0 Å². The number of anilines is 1. The number of carbonyl (C=O) groups excluding carboxylic acids is 1. The molecule has 3 nitrogen and oxygen atoms in total. The van der Waals surface area contributed by atoms with E-state index >= 15 is 0 Å². The summed E-state index contributed by atoms with van der Waals surface area (Å²) >= 11 is 0. The number of rotatable bonds is 4. The van der Waals surface area contributed by atoms with Crippen LogP contribution < -0.4 is 5.32 Å². The predicted octanol–water partition coefficient (Wildman–Crippen LogP) is 5.12. The highest BCUT2D eigenvalue weighted by Gasteiger charge is 2.29. The summed E-state index contributed by atoms with van der Waals surface area (Å²) in [4.78, 5) is 16.3. The maximum Gasteiger partial charge on any atom is 0.228 e. The van der Waals surface area contributed by atoms with Gasteiger partial charge >= 0.3 is 0 Å². The Morgan fingerprint density at radius 3 is 2.72 bits per heavy atom. The molecule has 1 fully saturated rings. The highest BCUT2D eigenvalue weighted by molar-refractivity contribution is 5.96. The van der Waals surface area contributed by atoms with Gasteiger partial charge in [-0.1, -0.05) is 37.3 Å². The fourth-order valence-electron chi connectivity index (χ4n) is 3.15.